The summed E-state index contributed by atoms with van der Waals surface area (Å²) < 4.78 is 0. The molecule has 0 aliphatic carbocycles. The lowest BCUT2D eigenvalue weighted by Gasteiger charge is -2.19. The number of nitrogens with zero attached hydrogens (tertiary/aromatic N) is 3. The predicted octanol–water partition coefficient (Wildman–Crippen LogP) is 2.45. The van der Waals surface area contributed by atoms with Crippen molar-refractivity contribution in [3.05, 3.63) is 42.2 Å². The Morgan fingerprint density at radius 3 is 2.67 bits per heavy atom. The Balaban J connectivity index is 2.25. The van der Waals surface area contributed by atoms with Gasteiger partial charge in [0.15, 0.2) is 0 Å². The van der Waals surface area contributed by atoms with Gasteiger partial charge in [-0.05, 0) is 18.1 Å². The highest BCUT2D eigenvalue weighted by Crippen LogP contribution is 2.18. The maximum absolute atomic E-state index is 12.4. The van der Waals surface area contributed by atoms with Crippen molar-refractivity contribution in [2.24, 2.45) is 5.92 Å². The summed E-state index contributed by atoms with van der Waals surface area (Å²) in [5.74, 6) is 0.821. The molecule has 5 nitrogen and oxygen atoms in total. The van der Waals surface area contributed by atoms with E-state index in [4.69, 9.17) is 5.73 Å². The number of benzene rings is 1. The third-order valence-electron chi connectivity index (χ3n) is 3.06. The molecule has 0 aliphatic heterocycles. The first kappa shape index (κ1) is 15.0. The highest BCUT2D eigenvalue weighted by atomic mass is 16.2. The molecular weight excluding hydrogens is 264 g/mol. The van der Waals surface area contributed by atoms with E-state index in [-0.39, 0.29) is 5.91 Å². The molecule has 2 aromatic rings. The van der Waals surface area contributed by atoms with E-state index in [1.165, 1.54) is 6.20 Å². The van der Waals surface area contributed by atoms with E-state index in [9.17, 15) is 4.79 Å². The van der Waals surface area contributed by atoms with Crippen LogP contribution in [0, 0.1) is 5.92 Å². The largest absolute Gasteiger partial charge is 0.382 e. The average molecular weight is 284 g/mol. The van der Waals surface area contributed by atoms with Crippen molar-refractivity contribution in [2.45, 2.75) is 13.8 Å². The Morgan fingerprint density at radius 2 is 2.05 bits per heavy atom. The predicted molar refractivity (Wildman–Crippen MR) is 83.7 cm³/mol. The number of hydrogen-bond acceptors (Lipinski definition) is 4. The Morgan fingerprint density at radius 1 is 1.29 bits per heavy atom. The Bertz CT molecular complexity index is 622. The Hall–Kier alpha value is -2.43. The summed E-state index contributed by atoms with van der Waals surface area (Å²) in [6, 6.07) is 7.40. The molecule has 5 heteroatoms. The molecule has 0 radical (unpaired) electrons. The number of nitrogens with two attached hydrogens (primary N) is 1. The Labute approximate surface area is 124 Å². The highest BCUT2D eigenvalue weighted by Gasteiger charge is 2.13. The van der Waals surface area contributed by atoms with Crippen LogP contribution in [-0.2, 0) is 0 Å². The number of rotatable bonds is 4. The number of carbonyl (C=O) groups excluding carboxylic acids is 1. The van der Waals surface area contributed by atoms with Crippen LogP contribution >= 0.6 is 0 Å². The zero-order valence-corrected chi connectivity index (χ0v) is 12.6. The fraction of sp³-hybridized carbons (Fsp3) is 0.312. The minimum absolute atomic E-state index is 0.00829. The van der Waals surface area contributed by atoms with Crippen molar-refractivity contribution in [3.63, 3.8) is 0 Å². The van der Waals surface area contributed by atoms with E-state index >= 15 is 0 Å². The van der Waals surface area contributed by atoms with E-state index in [2.05, 4.69) is 23.8 Å². The second-order valence-corrected chi connectivity index (χ2v) is 5.49. The molecule has 2 rings (SSSR count). The quantitative estimate of drug-likeness (QED) is 0.936. The first-order valence-electron chi connectivity index (χ1n) is 6.91. The number of anilines is 1. The van der Waals surface area contributed by atoms with Gasteiger partial charge in [-0.25, -0.2) is 4.98 Å². The van der Waals surface area contributed by atoms with Crippen LogP contribution in [0.25, 0.3) is 11.3 Å². The van der Waals surface area contributed by atoms with Crippen LogP contribution in [0.3, 0.4) is 0 Å². The molecule has 1 heterocycles. The number of aromatic nitrogens is 2. The van der Waals surface area contributed by atoms with Gasteiger partial charge >= 0.3 is 0 Å². The highest BCUT2D eigenvalue weighted by molar-refractivity contribution is 5.95. The van der Waals surface area contributed by atoms with Crippen LogP contribution in [-0.4, -0.2) is 34.4 Å². The first-order valence-corrected chi connectivity index (χ1v) is 6.91. The molecule has 0 bridgehead atoms. The number of carbonyl (C=O) groups is 1. The second-order valence-electron chi connectivity index (χ2n) is 5.49. The molecule has 1 aromatic carbocycles. The van der Waals surface area contributed by atoms with E-state index in [1.54, 1.807) is 11.1 Å². The molecule has 0 spiro atoms. The van der Waals surface area contributed by atoms with Gasteiger partial charge in [0, 0.05) is 24.7 Å². The van der Waals surface area contributed by atoms with Gasteiger partial charge in [-0.1, -0.05) is 26.0 Å². The Kier molecular flexibility index (Phi) is 4.52. The molecule has 0 atom stereocenters. The summed E-state index contributed by atoms with van der Waals surface area (Å²) in [6.45, 7) is 4.90. The van der Waals surface area contributed by atoms with Crippen LogP contribution in [0.15, 0.2) is 36.7 Å². The molecule has 0 unspecified atom stereocenters. The van der Waals surface area contributed by atoms with Gasteiger partial charge in [-0.2, -0.15) is 0 Å². The standard InChI is InChI=1S/C16H20N4O/c1-11(2)10-20(3)16(21)13-6-4-5-12(7-13)14-8-19-15(17)9-18-14/h4-9,11H,10H2,1-3H3,(H2,17,19). The van der Waals surface area contributed by atoms with Crippen LogP contribution in [0.2, 0.25) is 0 Å². The molecule has 21 heavy (non-hydrogen) atoms. The summed E-state index contributed by atoms with van der Waals surface area (Å²) in [4.78, 5) is 22.4. The average Bonchev–Trinajstić information content (AvgIpc) is 2.46. The summed E-state index contributed by atoms with van der Waals surface area (Å²) in [5, 5.41) is 0. The van der Waals surface area contributed by atoms with E-state index in [0.29, 0.717) is 23.0 Å². The molecule has 2 N–H and O–H groups in total. The van der Waals surface area contributed by atoms with Crippen LogP contribution in [0.4, 0.5) is 5.82 Å². The van der Waals surface area contributed by atoms with Crippen LogP contribution in [0.1, 0.15) is 24.2 Å². The third kappa shape index (κ3) is 3.78. The van der Waals surface area contributed by atoms with Crippen molar-refractivity contribution in [3.8, 4) is 11.3 Å². The normalized spacial score (nSPS) is 10.7. The molecule has 0 saturated carbocycles. The lowest BCUT2D eigenvalue weighted by molar-refractivity contribution is 0.0779. The van der Waals surface area contributed by atoms with E-state index < -0.39 is 0 Å². The fourth-order valence-corrected chi connectivity index (χ4v) is 2.15. The zero-order chi connectivity index (χ0) is 15.4. The third-order valence-corrected chi connectivity index (χ3v) is 3.06. The van der Waals surface area contributed by atoms with Crippen molar-refractivity contribution < 1.29 is 4.79 Å². The van der Waals surface area contributed by atoms with E-state index in [0.717, 1.165) is 12.1 Å². The van der Waals surface area contributed by atoms with Crippen molar-refractivity contribution >= 4 is 11.7 Å². The minimum atomic E-state index is 0.00829. The van der Waals surface area contributed by atoms with Gasteiger partial charge in [0.25, 0.3) is 5.91 Å². The fourth-order valence-electron chi connectivity index (χ4n) is 2.15. The topological polar surface area (TPSA) is 72.1 Å². The van der Waals surface area contributed by atoms with Crippen molar-refractivity contribution in [1.29, 1.82) is 0 Å². The van der Waals surface area contributed by atoms with Crippen molar-refractivity contribution in [2.75, 3.05) is 19.3 Å². The molecule has 1 aromatic heterocycles. The van der Waals surface area contributed by atoms with Crippen LogP contribution < -0.4 is 5.73 Å². The summed E-state index contributed by atoms with van der Waals surface area (Å²) in [6.07, 6.45) is 3.12. The molecule has 110 valence electrons. The molecule has 0 aliphatic rings. The monoisotopic (exact) mass is 284 g/mol. The van der Waals surface area contributed by atoms with Gasteiger partial charge < -0.3 is 10.6 Å². The van der Waals surface area contributed by atoms with Gasteiger partial charge in [0.05, 0.1) is 18.1 Å². The van der Waals surface area contributed by atoms with Gasteiger partial charge in [0.1, 0.15) is 5.82 Å². The SMILES string of the molecule is CC(C)CN(C)C(=O)c1cccc(-c2cnc(N)cn2)c1. The second kappa shape index (κ2) is 6.35. The van der Waals surface area contributed by atoms with E-state index in [1.807, 2.05) is 31.3 Å². The number of hydrogen-bond donors (Lipinski definition) is 1. The zero-order valence-electron chi connectivity index (χ0n) is 12.6. The number of amides is 1. The van der Waals surface area contributed by atoms with Crippen LogP contribution in [0.5, 0.6) is 0 Å². The molecule has 0 saturated heterocycles. The molecule has 0 fully saturated rings. The van der Waals surface area contributed by atoms with Gasteiger partial charge in [-0.15, -0.1) is 0 Å². The lowest BCUT2D eigenvalue weighted by Crippen LogP contribution is -2.30. The molecular formula is C16H20N4O. The van der Waals surface area contributed by atoms with Gasteiger partial charge in [0.2, 0.25) is 0 Å². The first-order chi connectivity index (χ1) is 9.97. The summed E-state index contributed by atoms with van der Waals surface area (Å²) in [5.41, 5.74) is 7.73. The van der Waals surface area contributed by atoms with Crippen molar-refractivity contribution in [1.82, 2.24) is 14.9 Å². The summed E-state index contributed by atoms with van der Waals surface area (Å²) in [7, 11) is 1.82. The lowest BCUT2D eigenvalue weighted by atomic mass is 10.1. The maximum Gasteiger partial charge on any atom is 0.253 e. The minimum Gasteiger partial charge on any atom is -0.382 e. The summed E-state index contributed by atoms with van der Waals surface area (Å²) >= 11 is 0. The smallest absolute Gasteiger partial charge is 0.253 e. The maximum atomic E-state index is 12.4. The van der Waals surface area contributed by atoms with Gasteiger partial charge in [-0.3, -0.25) is 9.78 Å². The molecule has 1 amide bonds. The number of nitrogen functional groups attached to an aromatic ring is 1.